The van der Waals surface area contributed by atoms with Crippen LogP contribution in [0.4, 0.5) is 10.9 Å². The molecule has 0 spiro atoms. The number of aliphatic hydroxyl groups excluding tert-OH is 1. The maximum absolute atomic E-state index is 9.71. The van der Waals surface area contributed by atoms with E-state index in [1.807, 2.05) is 0 Å². The second kappa shape index (κ2) is 8.86. The van der Waals surface area contributed by atoms with E-state index in [9.17, 15) is 5.11 Å². The van der Waals surface area contributed by atoms with Gasteiger partial charge in [-0.1, -0.05) is 66.8 Å². The van der Waals surface area contributed by atoms with Crippen LogP contribution in [0.25, 0.3) is 10.3 Å². The number of rotatable bonds is 8. The van der Waals surface area contributed by atoms with E-state index in [2.05, 4.69) is 60.3 Å². The van der Waals surface area contributed by atoms with Crippen LogP contribution < -0.4 is 11.1 Å². The molecular weight excluding hydrogens is 378 g/mol. The van der Waals surface area contributed by atoms with Gasteiger partial charge in [0.05, 0.1) is 12.6 Å². The van der Waals surface area contributed by atoms with Crippen molar-refractivity contribution in [3.8, 4) is 0 Å². The van der Waals surface area contributed by atoms with Crippen LogP contribution in [0.5, 0.6) is 0 Å². The molecule has 3 aromatic rings. The van der Waals surface area contributed by atoms with Crippen LogP contribution in [0.15, 0.2) is 29.4 Å². The van der Waals surface area contributed by atoms with Gasteiger partial charge in [-0.05, 0) is 24.8 Å². The first-order valence-corrected chi connectivity index (χ1v) is 10.7. The maximum atomic E-state index is 9.71. The Hall–Kier alpha value is -1.90. The van der Waals surface area contributed by atoms with Gasteiger partial charge in [-0.25, -0.2) is 15.0 Å². The standard InChI is InChI=1S/C19H25N5OS2/c1-11(2)7-14(9-25)21-16-15-17(22-18(20)27-15)24-19(23-16)26-10-13-6-4-5-12(3)8-13/h4-6,8,11,14,25H,7,9-10H2,1-3H3,(H3,20,21,22,23,24)/t14-/m1/s1. The predicted molar refractivity (Wildman–Crippen MR) is 114 cm³/mol. The lowest BCUT2D eigenvalue weighted by molar-refractivity contribution is 0.259. The first-order valence-electron chi connectivity index (χ1n) is 8.94. The topological polar surface area (TPSA) is 97.0 Å². The Balaban J connectivity index is 1.85. The minimum atomic E-state index is -0.0685. The SMILES string of the molecule is Cc1cccc(CSc2nc(N[C@@H](CO)CC(C)C)c3sc(N)nc3n2)c1. The van der Waals surface area contributed by atoms with Gasteiger partial charge in [0.2, 0.25) is 0 Å². The maximum Gasteiger partial charge on any atom is 0.191 e. The average Bonchev–Trinajstić information content (AvgIpc) is 2.99. The number of anilines is 2. The highest BCUT2D eigenvalue weighted by Crippen LogP contribution is 2.32. The number of hydrogen-bond acceptors (Lipinski definition) is 8. The molecule has 0 fully saturated rings. The molecule has 0 saturated heterocycles. The molecule has 0 aliphatic rings. The summed E-state index contributed by atoms with van der Waals surface area (Å²) in [6, 6.07) is 8.33. The smallest absolute Gasteiger partial charge is 0.191 e. The number of nitrogen functional groups attached to an aromatic ring is 1. The van der Waals surface area contributed by atoms with Gasteiger partial charge in [0.25, 0.3) is 0 Å². The Morgan fingerprint density at radius 2 is 2.07 bits per heavy atom. The van der Waals surface area contributed by atoms with Crippen molar-refractivity contribution < 1.29 is 5.11 Å². The van der Waals surface area contributed by atoms with Crippen LogP contribution >= 0.6 is 23.1 Å². The molecule has 0 bridgehead atoms. The molecule has 4 N–H and O–H groups in total. The molecule has 3 rings (SSSR count). The summed E-state index contributed by atoms with van der Waals surface area (Å²) in [5.41, 5.74) is 8.95. The van der Waals surface area contributed by atoms with Crippen molar-refractivity contribution in [2.75, 3.05) is 17.7 Å². The number of aliphatic hydroxyl groups is 1. The summed E-state index contributed by atoms with van der Waals surface area (Å²) in [6.07, 6.45) is 0.849. The van der Waals surface area contributed by atoms with Crippen molar-refractivity contribution in [3.63, 3.8) is 0 Å². The number of thiazole rings is 1. The third-order valence-electron chi connectivity index (χ3n) is 4.02. The zero-order chi connectivity index (χ0) is 19.4. The fourth-order valence-electron chi connectivity index (χ4n) is 2.87. The number of thioether (sulfide) groups is 1. The van der Waals surface area contributed by atoms with Gasteiger partial charge in [-0.2, -0.15) is 0 Å². The lowest BCUT2D eigenvalue weighted by atomic mass is 10.0. The third-order valence-corrected chi connectivity index (χ3v) is 5.82. The quantitative estimate of drug-likeness (QED) is 0.385. The number of hydrogen-bond donors (Lipinski definition) is 3. The zero-order valence-corrected chi connectivity index (χ0v) is 17.4. The van der Waals surface area contributed by atoms with E-state index < -0.39 is 0 Å². The molecule has 144 valence electrons. The van der Waals surface area contributed by atoms with E-state index in [-0.39, 0.29) is 12.6 Å². The van der Waals surface area contributed by atoms with Crippen molar-refractivity contribution in [2.24, 2.45) is 5.92 Å². The van der Waals surface area contributed by atoms with Gasteiger partial charge in [0.15, 0.2) is 21.8 Å². The van der Waals surface area contributed by atoms with Crippen molar-refractivity contribution in [2.45, 2.75) is 44.1 Å². The third kappa shape index (κ3) is 5.31. The van der Waals surface area contributed by atoms with Crippen molar-refractivity contribution in [1.82, 2.24) is 15.0 Å². The number of fused-ring (bicyclic) bond motifs is 1. The number of aromatic nitrogens is 3. The Labute approximate surface area is 167 Å². The number of benzene rings is 1. The summed E-state index contributed by atoms with van der Waals surface area (Å²) in [5, 5.41) is 14.2. The summed E-state index contributed by atoms with van der Waals surface area (Å²) in [4.78, 5) is 13.6. The molecule has 0 aliphatic carbocycles. The van der Waals surface area contributed by atoms with Crippen LogP contribution in [0.1, 0.15) is 31.4 Å². The molecule has 0 saturated carbocycles. The minimum absolute atomic E-state index is 0.0454. The fraction of sp³-hybridized carbons (Fsp3) is 0.421. The van der Waals surface area contributed by atoms with Gasteiger partial charge in [-0.3, -0.25) is 0 Å². The molecular formula is C19H25N5OS2. The minimum Gasteiger partial charge on any atom is -0.394 e. The number of nitrogens with one attached hydrogen (secondary N) is 1. The van der Waals surface area contributed by atoms with Crippen molar-refractivity contribution >= 4 is 44.4 Å². The lowest BCUT2D eigenvalue weighted by Crippen LogP contribution is -2.26. The van der Waals surface area contributed by atoms with Crippen LogP contribution in [-0.4, -0.2) is 32.7 Å². The Kier molecular flexibility index (Phi) is 6.51. The largest absolute Gasteiger partial charge is 0.394 e. The van der Waals surface area contributed by atoms with E-state index in [4.69, 9.17) is 10.7 Å². The highest BCUT2D eigenvalue weighted by atomic mass is 32.2. The van der Waals surface area contributed by atoms with E-state index in [0.29, 0.717) is 27.7 Å². The van der Waals surface area contributed by atoms with Crippen molar-refractivity contribution in [3.05, 3.63) is 35.4 Å². The first kappa shape index (κ1) is 19.9. The molecule has 27 heavy (non-hydrogen) atoms. The van der Waals surface area contributed by atoms with Gasteiger partial charge in [-0.15, -0.1) is 0 Å². The summed E-state index contributed by atoms with van der Waals surface area (Å²) >= 11 is 2.93. The van der Waals surface area contributed by atoms with E-state index in [0.717, 1.165) is 16.9 Å². The summed E-state index contributed by atoms with van der Waals surface area (Å²) in [6.45, 7) is 6.39. The summed E-state index contributed by atoms with van der Waals surface area (Å²) in [7, 11) is 0. The molecule has 1 atom stereocenters. The lowest BCUT2D eigenvalue weighted by Gasteiger charge is -2.19. The molecule has 2 aromatic heterocycles. The predicted octanol–water partition coefficient (Wildman–Crippen LogP) is 4.09. The van der Waals surface area contributed by atoms with Crippen molar-refractivity contribution in [1.29, 1.82) is 0 Å². The molecule has 2 heterocycles. The number of nitrogens with zero attached hydrogens (tertiary/aromatic N) is 3. The molecule has 0 unspecified atom stereocenters. The van der Waals surface area contributed by atoms with E-state index >= 15 is 0 Å². The second-order valence-electron chi connectivity index (χ2n) is 6.99. The monoisotopic (exact) mass is 403 g/mol. The van der Waals surface area contributed by atoms with Gasteiger partial charge < -0.3 is 16.2 Å². The van der Waals surface area contributed by atoms with E-state index in [1.165, 1.54) is 22.5 Å². The molecule has 1 aromatic carbocycles. The molecule has 0 aliphatic heterocycles. The molecule has 8 heteroatoms. The Morgan fingerprint density at radius 3 is 2.78 bits per heavy atom. The molecule has 0 amide bonds. The van der Waals surface area contributed by atoms with Crippen LogP contribution in [0.3, 0.4) is 0 Å². The summed E-state index contributed by atoms with van der Waals surface area (Å²) < 4.78 is 0.828. The Morgan fingerprint density at radius 1 is 1.26 bits per heavy atom. The fourth-order valence-corrected chi connectivity index (χ4v) is 4.38. The number of nitrogens with two attached hydrogens (primary N) is 1. The normalized spacial score (nSPS) is 12.6. The van der Waals surface area contributed by atoms with Gasteiger partial charge >= 0.3 is 0 Å². The highest BCUT2D eigenvalue weighted by molar-refractivity contribution is 7.98. The van der Waals surface area contributed by atoms with Crippen LogP contribution in [0.2, 0.25) is 0 Å². The highest BCUT2D eigenvalue weighted by Gasteiger charge is 2.17. The summed E-state index contributed by atoms with van der Waals surface area (Å²) in [5.74, 6) is 1.94. The molecule has 6 nitrogen and oxygen atoms in total. The average molecular weight is 404 g/mol. The molecule has 0 radical (unpaired) electrons. The first-order chi connectivity index (χ1) is 12.9. The van der Waals surface area contributed by atoms with Crippen LogP contribution in [-0.2, 0) is 5.75 Å². The number of aryl methyl sites for hydroxylation is 1. The second-order valence-corrected chi connectivity index (χ2v) is 8.96. The van der Waals surface area contributed by atoms with Gasteiger partial charge in [0, 0.05) is 5.75 Å². The van der Waals surface area contributed by atoms with E-state index in [1.54, 1.807) is 11.8 Å². The zero-order valence-electron chi connectivity index (χ0n) is 15.8. The van der Waals surface area contributed by atoms with Gasteiger partial charge in [0.1, 0.15) is 4.70 Å². The van der Waals surface area contributed by atoms with Crippen LogP contribution in [0, 0.1) is 12.8 Å². The Bertz CT molecular complexity index is 912.